The maximum Gasteiger partial charge on any atom is 0.255 e. The summed E-state index contributed by atoms with van der Waals surface area (Å²) in [7, 11) is 0. The molecule has 0 aliphatic rings. The van der Waals surface area contributed by atoms with Crippen molar-refractivity contribution in [2.75, 3.05) is 12.0 Å². The van der Waals surface area contributed by atoms with Gasteiger partial charge in [-0.2, -0.15) is 0 Å². The standard InChI is InChI=1S/C13H10F2N2O/c14-7-13(18)17-10-3-4-12(15)11(6-10)9-2-1-5-16-8-9/h1-6,8H,7H2,(H,17,18). The molecule has 0 atom stereocenters. The van der Waals surface area contributed by atoms with Crippen molar-refractivity contribution in [1.82, 2.24) is 4.98 Å². The molecule has 1 amide bonds. The molecule has 2 rings (SSSR count). The van der Waals surface area contributed by atoms with E-state index in [2.05, 4.69) is 10.3 Å². The van der Waals surface area contributed by atoms with Crippen molar-refractivity contribution in [2.45, 2.75) is 0 Å². The third-order valence-electron chi connectivity index (χ3n) is 2.34. The summed E-state index contributed by atoms with van der Waals surface area (Å²) in [4.78, 5) is 14.8. The quantitative estimate of drug-likeness (QED) is 0.907. The lowest BCUT2D eigenvalue weighted by atomic mass is 10.1. The van der Waals surface area contributed by atoms with Gasteiger partial charge in [0.25, 0.3) is 5.91 Å². The van der Waals surface area contributed by atoms with Crippen LogP contribution in [0.25, 0.3) is 11.1 Å². The van der Waals surface area contributed by atoms with Crippen LogP contribution in [-0.2, 0) is 4.79 Å². The van der Waals surface area contributed by atoms with Crippen LogP contribution in [0.5, 0.6) is 0 Å². The Bertz CT molecular complexity index is 558. The molecule has 0 unspecified atom stereocenters. The largest absolute Gasteiger partial charge is 0.324 e. The molecule has 0 saturated heterocycles. The maximum absolute atomic E-state index is 13.7. The van der Waals surface area contributed by atoms with E-state index < -0.39 is 18.4 Å². The highest BCUT2D eigenvalue weighted by atomic mass is 19.1. The highest BCUT2D eigenvalue weighted by molar-refractivity contribution is 5.92. The van der Waals surface area contributed by atoms with E-state index >= 15 is 0 Å². The zero-order valence-electron chi connectivity index (χ0n) is 9.36. The van der Waals surface area contributed by atoms with Gasteiger partial charge in [0, 0.05) is 29.2 Å². The van der Waals surface area contributed by atoms with Gasteiger partial charge in [-0.1, -0.05) is 6.07 Å². The van der Waals surface area contributed by atoms with Crippen molar-refractivity contribution >= 4 is 11.6 Å². The molecular weight excluding hydrogens is 238 g/mol. The van der Waals surface area contributed by atoms with Gasteiger partial charge in [-0.15, -0.1) is 0 Å². The zero-order valence-corrected chi connectivity index (χ0v) is 9.36. The zero-order chi connectivity index (χ0) is 13.0. The maximum atomic E-state index is 13.7. The Kier molecular flexibility index (Phi) is 3.62. The van der Waals surface area contributed by atoms with Gasteiger partial charge in [0.1, 0.15) is 5.82 Å². The molecule has 0 fully saturated rings. The van der Waals surface area contributed by atoms with E-state index in [0.717, 1.165) is 0 Å². The summed E-state index contributed by atoms with van der Waals surface area (Å²) < 4.78 is 25.7. The first kappa shape index (κ1) is 12.2. The van der Waals surface area contributed by atoms with E-state index in [1.54, 1.807) is 18.3 Å². The number of rotatable bonds is 3. The molecule has 0 aliphatic heterocycles. The van der Waals surface area contributed by atoms with E-state index in [-0.39, 0.29) is 0 Å². The van der Waals surface area contributed by atoms with Crippen LogP contribution < -0.4 is 5.32 Å². The fourth-order valence-electron chi connectivity index (χ4n) is 1.54. The highest BCUT2D eigenvalue weighted by Crippen LogP contribution is 2.25. The number of nitrogens with one attached hydrogen (secondary N) is 1. The topological polar surface area (TPSA) is 42.0 Å². The average Bonchev–Trinajstić information content (AvgIpc) is 2.42. The van der Waals surface area contributed by atoms with Crippen molar-refractivity contribution < 1.29 is 13.6 Å². The number of benzene rings is 1. The van der Waals surface area contributed by atoms with Gasteiger partial charge in [-0.25, -0.2) is 8.78 Å². The summed E-state index contributed by atoms with van der Waals surface area (Å²) in [6.45, 7) is -1.11. The minimum absolute atomic E-state index is 0.305. The van der Waals surface area contributed by atoms with Crippen LogP contribution in [-0.4, -0.2) is 17.6 Å². The average molecular weight is 248 g/mol. The molecule has 0 radical (unpaired) electrons. The predicted octanol–water partition coefficient (Wildman–Crippen LogP) is 2.80. The monoisotopic (exact) mass is 248 g/mol. The van der Waals surface area contributed by atoms with Gasteiger partial charge in [-0.3, -0.25) is 9.78 Å². The Morgan fingerprint density at radius 1 is 1.33 bits per heavy atom. The summed E-state index contributed by atoms with van der Waals surface area (Å²) in [5.41, 5.74) is 1.24. The lowest BCUT2D eigenvalue weighted by molar-refractivity contribution is -0.117. The molecule has 0 bridgehead atoms. The second-order valence-electron chi connectivity index (χ2n) is 3.62. The smallest absolute Gasteiger partial charge is 0.255 e. The predicted molar refractivity (Wildman–Crippen MR) is 64.2 cm³/mol. The molecule has 5 heteroatoms. The third-order valence-corrected chi connectivity index (χ3v) is 2.34. The van der Waals surface area contributed by atoms with Gasteiger partial charge in [0.05, 0.1) is 0 Å². The highest BCUT2D eigenvalue weighted by Gasteiger charge is 2.08. The van der Waals surface area contributed by atoms with Crippen molar-refractivity contribution in [3.8, 4) is 11.1 Å². The van der Waals surface area contributed by atoms with E-state index in [9.17, 15) is 13.6 Å². The molecular formula is C13H10F2N2O. The van der Waals surface area contributed by atoms with Gasteiger partial charge in [0.2, 0.25) is 0 Å². The Balaban J connectivity index is 2.36. The minimum atomic E-state index is -1.11. The number of nitrogens with zero attached hydrogens (tertiary/aromatic N) is 1. The van der Waals surface area contributed by atoms with Crippen molar-refractivity contribution in [3.63, 3.8) is 0 Å². The van der Waals surface area contributed by atoms with E-state index in [4.69, 9.17) is 0 Å². The van der Waals surface area contributed by atoms with E-state index in [0.29, 0.717) is 16.8 Å². The lowest BCUT2D eigenvalue weighted by Gasteiger charge is -2.07. The number of anilines is 1. The van der Waals surface area contributed by atoms with Gasteiger partial charge < -0.3 is 5.32 Å². The van der Waals surface area contributed by atoms with Crippen molar-refractivity contribution in [1.29, 1.82) is 0 Å². The lowest BCUT2D eigenvalue weighted by Crippen LogP contribution is -2.13. The first-order valence-electron chi connectivity index (χ1n) is 5.26. The first-order chi connectivity index (χ1) is 8.70. The summed E-state index contributed by atoms with van der Waals surface area (Å²) in [6.07, 6.45) is 3.09. The number of carbonyl (C=O) groups is 1. The fourth-order valence-corrected chi connectivity index (χ4v) is 1.54. The number of carbonyl (C=O) groups excluding carboxylic acids is 1. The molecule has 2 aromatic rings. The van der Waals surface area contributed by atoms with Crippen LogP contribution in [0.3, 0.4) is 0 Å². The van der Waals surface area contributed by atoms with Gasteiger partial charge in [0.15, 0.2) is 6.67 Å². The Labute approximate surface area is 102 Å². The van der Waals surface area contributed by atoms with Crippen LogP contribution >= 0.6 is 0 Å². The van der Waals surface area contributed by atoms with Gasteiger partial charge in [-0.05, 0) is 24.3 Å². The number of amides is 1. The fraction of sp³-hybridized carbons (Fsp3) is 0.0769. The molecule has 92 valence electrons. The second kappa shape index (κ2) is 5.35. The molecule has 1 aromatic carbocycles. The molecule has 0 saturated carbocycles. The molecule has 0 spiro atoms. The van der Waals surface area contributed by atoms with Crippen LogP contribution in [0.1, 0.15) is 0 Å². The number of hydrogen-bond donors (Lipinski definition) is 1. The number of halogens is 2. The SMILES string of the molecule is O=C(CF)Nc1ccc(F)c(-c2cccnc2)c1. The summed E-state index contributed by atoms with van der Waals surface area (Å²) in [6, 6.07) is 7.42. The van der Waals surface area contributed by atoms with Crippen LogP contribution in [0, 0.1) is 5.82 Å². The summed E-state index contributed by atoms with van der Waals surface area (Å²) in [5, 5.41) is 2.33. The molecule has 1 heterocycles. The van der Waals surface area contributed by atoms with E-state index in [1.165, 1.54) is 24.4 Å². The number of hydrogen-bond acceptors (Lipinski definition) is 2. The van der Waals surface area contributed by atoms with Crippen LogP contribution in [0.2, 0.25) is 0 Å². The van der Waals surface area contributed by atoms with Crippen molar-refractivity contribution in [2.24, 2.45) is 0 Å². The third kappa shape index (κ3) is 2.68. The Morgan fingerprint density at radius 3 is 2.83 bits per heavy atom. The summed E-state index contributed by atoms with van der Waals surface area (Å²) in [5.74, 6) is -1.19. The Hall–Kier alpha value is -2.30. The van der Waals surface area contributed by atoms with Crippen molar-refractivity contribution in [3.05, 3.63) is 48.5 Å². The normalized spacial score (nSPS) is 10.1. The first-order valence-corrected chi connectivity index (χ1v) is 5.26. The van der Waals surface area contributed by atoms with Crippen LogP contribution in [0.4, 0.5) is 14.5 Å². The van der Waals surface area contributed by atoms with Crippen LogP contribution in [0.15, 0.2) is 42.7 Å². The van der Waals surface area contributed by atoms with E-state index in [1.807, 2.05) is 0 Å². The molecule has 1 N–H and O–H groups in total. The number of pyridine rings is 1. The van der Waals surface area contributed by atoms with Gasteiger partial charge >= 0.3 is 0 Å². The molecule has 0 aliphatic carbocycles. The molecule has 1 aromatic heterocycles. The number of aromatic nitrogens is 1. The summed E-state index contributed by atoms with van der Waals surface area (Å²) >= 11 is 0. The Morgan fingerprint density at radius 2 is 2.17 bits per heavy atom. The number of alkyl halides is 1. The second-order valence-corrected chi connectivity index (χ2v) is 3.62. The molecule has 18 heavy (non-hydrogen) atoms. The minimum Gasteiger partial charge on any atom is -0.324 e. The molecule has 3 nitrogen and oxygen atoms in total.